The molecule has 0 aromatic heterocycles. The SMILES string of the molecule is CNC(c1ccc(C(F)(F)F)cc1C)C(OC)C(C)(C)C. The number of methoxy groups -OCH3 is 1. The van der Waals surface area contributed by atoms with Crippen LogP contribution in [0.5, 0.6) is 0 Å². The molecule has 1 rings (SSSR count). The van der Waals surface area contributed by atoms with Crippen molar-refractivity contribution in [1.29, 1.82) is 0 Å². The van der Waals surface area contributed by atoms with Gasteiger partial charge in [-0.25, -0.2) is 0 Å². The Balaban J connectivity index is 3.24. The van der Waals surface area contributed by atoms with Crippen molar-refractivity contribution in [2.45, 2.75) is 46.0 Å². The van der Waals surface area contributed by atoms with Gasteiger partial charge in [-0.3, -0.25) is 0 Å². The fraction of sp³-hybridized carbons (Fsp3) is 0.625. The minimum Gasteiger partial charge on any atom is -0.379 e. The van der Waals surface area contributed by atoms with Gasteiger partial charge in [0.2, 0.25) is 0 Å². The summed E-state index contributed by atoms with van der Waals surface area (Å²) < 4.78 is 43.9. The van der Waals surface area contributed by atoms with Crippen LogP contribution in [0.25, 0.3) is 0 Å². The van der Waals surface area contributed by atoms with E-state index < -0.39 is 11.7 Å². The second-order valence-electron chi connectivity index (χ2n) is 6.36. The molecule has 0 heterocycles. The fourth-order valence-corrected chi connectivity index (χ4v) is 2.66. The standard InChI is InChI=1S/C16H24F3NO/c1-10-9-11(16(17,18)19)7-8-12(10)13(20-5)14(21-6)15(2,3)4/h7-9,13-14,20H,1-6H3. The Kier molecular flexibility index (Phi) is 5.45. The van der Waals surface area contributed by atoms with Crippen LogP contribution < -0.4 is 5.32 Å². The van der Waals surface area contributed by atoms with Crippen molar-refractivity contribution in [3.63, 3.8) is 0 Å². The first-order valence-corrected chi connectivity index (χ1v) is 6.90. The normalized spacial score (nSPS) is 15.9. The van der Waals surface area contributed by atoms with Crippen molar-refractivity contribution in [3.8, 4) is 0 Å². The summed E-state index contributed by atoms with van der Waals surface area (Å²) >= 11 is 0. The van der Waals surface area contributed by atoms with Crippen LogP contribution in [0, 0.1) is 12.3 Å². The van der Waals surface area contributed by atoms with Gasteiger partial charge in [-0.2, -0.15) is 13.2 Å². The summed E-state index contributed by atoms with van der Waals surface area (Å²) in [6, 6.07) is 3.69. The number of rotatable bonds is 4. The number of ether oxygens (including phenoxy) is 1. The van der Waals surface area contributed by atoms with Crippen LogP contribution in [0.2, 0.25) is 0 Å². The Bertz CT molecular complexity index is 477. The molecule has 21 heavy (non-hydrogen) atoms. The molecule has 1 aromatic rings. The summed E-state index contributed by atoms with van der Waals surface area (Å²) in [6.07, 6.45) is -4.47. The number of nitrogens with one attached hydrogen (secondary N) is 1. The van der Waals surface area contributed by atoms with E-state index in [1.807, 2.05) is 20.8 Å². The second-order valence-corrected chi connectivity index (χ2v) is 6.36. The highest BCUT2D eigenvalue weighted by molar-refractivity contribution is 5.35. The van der Waals surface area contributed by atoms with Gasteiger partial charge in [-0.1, -0.05) is 26.8 Å². The smallest absolute Gasteiger partial charge is 0.379 e. The first-order valence-electron chi connectivity index (χ1n) is 6.90. The maximum Gasteiger partial charge on any atom is 0.416 e. The monoisotopic (exact) mass is 303 g/mol. The minimum atomic E-state index is -4.32. The van der Waals surface area contributed by atoms with Crippen molar-refractivity contribution in [2.75, 3.05) is 14.2 Å². The zero-order valence-electron chi connectivity index (χ0n) is 13.4. The van der Waals surface area contributed by atoms with Crippen molar-refractivity contribution >= 4 is 0 Å². The molecule has 0 saturated carbocycles. The molecular weight excluding hydrogens is 279 g/mol. The molecule has 1 aromatic carbocycles. The Hall–Kier alpha value is -1.07. The third-order valence-corrected chi connectivity index (χ3v) is 3.65. The largest absolute Gasteiger partial charge is 0.416 e. The van der Waals surface area contributed by atoms with Crippen molar-refractivity contribution < 1.29 is 17.9 Å². The molecule has 5 heteroatoms. The van der Waals surface area contributed by atoms with E-state index in [1.54, 1.807) is 21.1 Å². The van der Waals surface area contributed by atoms with Gasteiger partial charge < -0.3 is 10.1 Å². The average Bonchev–Trinajstić information content (AvgIpc) is 2.33. The quantitative estimate of drug-likeness (QED) is 0.893. The summed E-state index contributed by atoms with van der Waals surface area (Å²) in [5, 5.41) is 3.17. The van der Waals surface area contributed by atoms with Crippen molar-refractivity contribution in [1.82, 2.24) is 5.32 Å². The molecule has 0 radical (unpaired) electrons. The highest BCUT2D eigenvalue weighted by atomic mass is 19.4. The molecule has 2 unspecified atom stereocenters. The fourth-order valence-electron chi connectivity index (χ4n) is 2.66. The lowest BCUT2D eigenvalue weighted by molar-refractivity contribution is -0.137. The highest BCUT2D eigenvalue weighted by Crippen LogP contribution is 2.36. The van der Waals surface area contributed by atoms with Crippen LogP contribution in [0.1, 0.15) is 43.5 Å². The lowest BCUT2D eigenvalue weighted by Gasteiger charge is -2.36. The third kappa shape index (κ3) is 4.20. The molecule has 0 aliphatic rings. The molecule has 0 spiro atoms. The first-order chi connectivity index (χ1) is 9.52. The highest BCUT2D eigenvalue weighted by Gasteiger charge is 2.35. The molecule has 0 aliphatic heterocycles. The van der Waals surface area contributed by atoms with Gasteiger partial charge in [0, 0.05) is 7.11 Å². The topological polar surface area (TPSA) is 21.3 Å². The van der Waals surface area contributed by atoms with Gasteiger partial charge in [0.15, 0.2) is 0 Å². The van der Waals surface area contributed by atoms with Crippen LogP contribution in [-0.2, 0) is 10.9 Å². The summed E-state index contributed by atoms with van der Waals surface area (Å²) in [5.74, 6) is 0. The lowest BCUT2D eigenvalue weighted by Crippen LogP contribution is -2.40. The van der Waals surface area contributed by atoms with Crippen LogP contribution in [-0.4, -0.2) is 20.3 Å². The van der Waals surface area contributed by atoms with E-state index in [1.165, 1.54) is 12.1 Å². The van der Waals surface area contributed by atoms with E-state index in [2.05, 4.69) is 5.32 Å². The zero-order valence-corrected chi connectivity index (χ0v) is 13.4. The predicted molar refractivity (Wildman–Crippen MR) is 78.2 cm³/mol. The Morgan fingerprint density at radius 3 is 2.05 bits per heavy atom. The molecule has 0 amide bonds. The van der Waals surface area contributed by atoms with Gasteiger partial charge in [-0.05, 0) is 42.6 Å². The van der Waals surface area contributed by atoms with E-state index >= 15 is 0 Å². The molecule has 2 nitrogen and oxygen atoms in total. The number of alkyl halides is 3. The molecule has 120 valence electrons. The molecule has 1 N–H and O–H groups in total. The second kappa shape index (κ2) is 6.36. The van der Waals surface area contributed by atoms with Crippen molar-refractivity contribution in [2.24, 2.45) is 5.41 Å². The maximum atomic E-state index is 12.8. The van der Waals surface area contributed by atoms with Crippen LogP contribution in [0.15, 0.2) is 18.2 Å². The number of aryl methyl sites for hydroxylation is 1. The molecule has 2 atom stereocenters. The van der Waals surface area contributed by atoms with E-state index in [0.29, 0.717) is 5.56 Å². The number of benzene rings is 1. The molecule has 0 fully saturated rings. The van der Waals surface area contributed by atoms with E-state index in [4.69, 9.17) is 4.74 Å². The Labute approximate surface area is 124 Å². The Morgan fingerprint density at radius 1 is 1.14 bits per heavy atom. The summed E-state index contributed by atoms with van der Waals surface area (Å²) in [4.78, 5) is 0. The van der Waals surface area contributed by atoms with Crippen molar-refractivity contribution in [3.05, 3.63) is 34.9 Å². The molecule has 0 saturated heterocycles. The van der Waals surface area contributed by atoms with Gasteiger partial charge in [-0.15, -0.1) is 0 Å². The zero-order chi connectivity index (χ0) is 16.4. The van der Waals surface area contributed by atoms with Gasteiger partial charge in [0.05, 0.1) is 17.7 Å². The van der Waals surface area contributed by atoms with Crippen LogP contribution in [0.4, 0.5) is 13.2 Å². The van der Waals surface area contributed by atoms with Crippen LogP contribution >= 0.6 is 0 Å². The van der Waals surface area contributed by atoms with E-state index in [0.717, 1.165) is 11.6 Å². The number of hydrogen-bond acceptors (Lipinski definition) is 2. The lowest BCUT2D eigenvalue weighted by atomic mass is 9.81. The number of hydrogen-bond donors (Lipinski definition) is 1. The third-order valence-electron chi connectivity index (χ3n) is 3.65. The molecule has 0 aliphatic carbocycles. The minimum absolute atomic E-state index is 0.141. The predicted octanol–water partition coefficient (Wildman–Crippen LogP) is 4.34. The van der Waals surface area contributed by atoms with Gasteiger partial charge >= 0.3 is 6.18 Å². The van der Waals surface area contributed by atoms with Crippen LogP contribution in [0.3, 0.4) is 0 Å². The average molecular weight is 303 g/mol. The summed E-state index contributed by atoms with van der Waals surface area (Å²) in [5.41, 5.74) is 0.670. The van der Waals surface area contributed by atoms with E-state index in [-0.39, 0.29) is 17.6 Å². The molecule has 0 bridgehead atoms. The Morgan fingerprint density at radius 2 is 1.71 bits per heavy atom. The van der Waals surface area contributed by atoms with Gasteiger partial charge in [0.25, 0.3) is 0 Å². The van der Waals surface area contributed by atoms with E-state index in [9.17, 15) is 13.2 Å². The molecular formula is C16H24F3NO. The van der Waals surface area contributed by atoms with Gasteiger partial charge in [0.1, 0.15) is 0 Å². The number of halogens is 3. The maximum absolute atomic E-state index is 12.8. The number of likely N-dealkylation sites (N-methyl/N-ethyl adjacent to an activating group) is 1. The first kappa shape index (κ1) is 18.0. The summed E-state index contributed by atoms with van der Waals surface area (Å²) in [6.45, 7) is 7.84. The summed E-state index contributed by atoms with van der Waals surface area (Å²) in [7, 11) is 3.42.